The summed E-state index contributed by atoms with van der Waals surface area (Å²) in [6.45, 7) is 5.15. The molecule has 0 radical (unpaired) electrons. The van der Waals surface area contributed by atoms with E-state index >= 15 is 0 Å². The SMILES string of the molecule is COc1ccccc1-c1coc2cc(OC(C)C(=O)OC(C)C)ccc2c1=O. The molecular weight excluding hydrogens is 360 g/mol. The highest BCUT2D eigenvalue weighted by Crippen LogP contribution is 2.29. The Bertz CT molecular complexity index is 1050. The van der Waals surface area contributed by atoms with Gasteiger partial charge in [0.25, 0.3) is 0 Å². The van der Waals surface area contributed by atoms with Crippen LogP contribution in [0.4, 0.5) is 0 Å². The summed E-state index contributed by atoms with van der Waals surface area (Å²) in [5, 5.41) is 0.410. The van der Waals surface area contributed by atoms with Crippen LogP contribution >= 0.6 is 0 Å². The van der Waals surface area contributed by atoms with Gasteiger partial charge in [0.2, 0.25) is 5.43 Å². The van der Waals surface area contributed by atoms with Crippen molar-refractivity contribution in [1.29, 1.82) is 0 Å². The van der Waals surface area contributed by atoms with Crippen molar-refractivity contribution >= 4 is 16.9 Å². The van der Waals surface area contributed by atoms with Gasteiger partial charge in [-0.05, 0) is 39.0 Å². The maximum Gasteiger partial charge on any atom is 0.347 e. The van der Waals surface area contributed by atoms with Gasteiger partial charge >= 0.3 is 5.97 Å². The van der Waals surface area contributed by atoms with Gasteiger partial charge in [0.05, 0.1) is 24.2 Å². The summed E-state index contributed by atoms with van der Waals surface area (Å²) in [5.74, 6) is 0.545. The van der Waals surface area contributed by atoms with Crippen LogP contribution in [0.2, 0.25) is 0 Å². The van der Waals surface area contributed by atoms with Crippen molar-refractivity contribution in [3.63, 3.8) is 0 Å². The molecule has 0 aliphatic carbocycles. The fourth-order valence-corrected chi connectivity index (χ4v) is 2.82. The van der Waals surface area contributed by atoms with Crippen molar-refractivity contribution in [2.45, 2.75) is 33.0 Å². The van der Waals surface area contributed by atoms with Gasteiger partial charge in [-0.3, -0.25) is 4.79 Å². The lowest BCUT2D eigenvalue weighted by molar-refractivity contribution is -0.154. The molecule has 0 saturated carbocycles. The Morgan fingerprint density at radius 2 is 1.79 bits per heavy atom. The topological polar surface area (TPSA) is 75.0 Å². The third-order valence-corrected chi connectivity index (χ3v) is 4.14. The van der Waals surface area contributed by atoms with E-state index in [1.165, 1.54) is 6.26 Å². The van der Waals surface area contributed by atoms with Crippen LogP contribution < -0.4 is 14.9 Å². The number of carbonyl (C=O) groups is 1. The van der Waals surface area contributed by atoms with Crippen molar-refractivity contribution in [1.82, 2.24) is 0 Å². The minimum absolute atomic E-state index is 0.176. The van der Waals surface area contributed by atoms with Crippen LogP contribution in [0, 0.1) is 0 Å². The van der Waals surface area contributed by atoms with Crippen molar-refractivity contribution < 1.29 is 23.4 Å². The van der Waals surface area contributed by atoms with Crippen molar-refractivity contribution in [3.8, 4) is 22.6 Å². The Labute approximate surface area is 162 Å². The highest BCUT2D eigenvalue weighted by atomic mass is 16.6. The highest BCUT2D eigenvalue weighted by Gasteiger charge is 2.19. The number of carbonyl (C=O) groups excluding carboxylic acids is 1. The lowest BCUT2D eigenvalue weighted by atomic mass is 10.0. The molecule has 1 aromatic heterocycles. The third kappa shape index (κ3) is 4.01. The van der Waals surface area contributed by atoms with Gasteiger partial charge in [-0.1, -0.05) is 18.2 Å². The van der Waals surface area contributed by atoms with Gasteiger partial charge in [-0.2, -0.15) is 0 Å². The zero-order chi connectivity index (χ0) is 20.3. The van der Waals surface area contributed by atoms with E-state index in [9.17, 15) is 9.59 Å². The largest absolute Gasteiger partial charge is 0.496 e. The van der Waals surface area contributed by atoms with Crippen molar-refractivity contribution in [2.75, 3.05) is 7.11 Å². The molecule has 0 amide bonds. The van der Waals surface area contributed by atoms with Crippen LogP contribution in [0.5, 0.6) is 11.5 Å². The van der Waals surface area contributed by atoms with E-state index in [1.54, 1.807) is 58.2 Å². The lowest BCUT2D eigenvalue weighted by Gasteiger charge is -2.16. The monoisotopic (exact) mass is 382 g/mol. The highest BCUT2D eigenvalue weighted by molar-refractivity contribution is 5.84. The van der Waals surface area contributed by atoms with E-state index in [1.807, 2.05) is 12.1 Å². The third-order valence-electron chi connectivity index (χ3n) is 4.14. The zero-order valence-corrected chi connectivity index (χ0v) is 16.2. The summed E-state index contributed by atoms with van der Waals surface area (Å²) in [5.41, 5.74) is 1.26. The molecular formula is C22H22O6. The Balaban J connectivity index is 1.93. The van der Waals surface area contributed by atoms with Crippen LogP contribution in [0.15, 0.2) is 57.9 Å². The van der Waals surface area contributed by atoms with Gasteiger partial charge in [-0.25, -0.2) is 4.79 Å². The number of para-hydroxylation sites is 1. The Morgan fingerprint density at radius 1 is 1.04 bits per heavy atom. The fraction of sp³-hybridized carbons (Fsp3) is 0.273. The minimum atomic E-state index is -0.778. The normalized spacial score (nSPS) is 12.0. The molecule has 1 atom stereocenters. The first-order valence-corrected chi connectivity index (χ1v) is 8.96. The van der Waals surface area contributed by atoms with Gasteiger partial charge < -0.3 is 18.6 Å². The molecule has 1 unspecified atom stereocenters. The summed E-state index contributed by atoms with van der Waals surface area (Å²) in [4.78, 5) is 24.8. The second-order valence-corrected chi connectivity index (χ2v) is 6.58. The number of rotatable bonds is 6. The van der Waals surface area contributed by atoms with E-state index in [4.69, 9.17) is 18.6 Å². The van der Waals surface area contributed by atoms with Crippen LogP contribution in [-0.4, -0.2) is 25.3 Å². The molecule has 3 rings (SSSR count). The van der Waals surface area contributed by atoms with Crippen LogP contribution in [-0.2, 0) is 9.53 Å². The van der Waals surface area contributed by atoms with Crippen LogP contribution in [0.3, 0.4) is 0 Å². The molecule has 0 fully saturated rings. The maximum atomic E-state index is 12.9. The summed E-state index contributed by atoms with van der Waals surface area (Å²) in [6.07, 6.45) is 0.406. The zero-order valence-electron chi connectivity index (χ0n) is 16.2. The minimum Gasteiger partial charge on any atom is -0.496 e. The smallest absolute Gasteiger partial charge is 0.347 e. The number of methoxy groups -OCH3 is 1. The summed E-state index contributed by atoms with van der Waals surface area (Å²) < 4.78 is 21.8. The predicted octanol–water partition coefficient (Wildman–Crippen LogP) is 4.19. The Morgan fingerprint density at radius 3 is 2.50 bits per heavy atom. The number of esters is 1. The molecule has 28 heavy (non-hydrogen) atoms. The van der Waals surface area contributed by atoms with E-state index in [-0.39, 0.29) is 11.5 Å². The van der Waals surface area contributed by atoms with Gasteiger partial charge in [0.1, 0.15) is 23.3 Å². The molecule has 146 valence electrons. The molecule has 0 saturated heterocycles. The Kier molecular flexibility index (Phi) is 5.68. The van der Waals surface area contributed by atoms with E-state index < -0.39 is 12.1 Å². The number of hydrogen-bond donors (Lipinski definition) is 0. The summed E-state index contributed by atoms with van der Waals surface area (Å²) >= 11 is 0. The fourth-order valence-electron chi connectivity index (χ4n) is 2.82. The second-order valence-electron chi connectivity index (χ2n) is 6.58. The molecule has 0 aliphatic heterocycles. The number of fused-ring (bicyclic) bond motifs is 1. The van der Waals surface area contributed by atoms with E-state index in [0.29, 0.717) is 33.6 Å². The average molecular weight is 382 g/mol. The van der Waals surface area contributed by atoms with E-state index in [2.05, 4.69) is 0 Å². The quantitative estimate of drug-likeness (QED) is 0.595. The van der Waals surface area contributed by atoms with E-state index in [0.717, 1.165) is 0 Å². The molecule has 2 aromatic carbocycles. The first-order chi connectivity index (χ1) is 13.4. The number of benzene rings is 2. The molecule has 0 N–H and O–H groups in total. The number of hydrogen-bond acceptors (Lipinski definition) is 6. The van der Waals surface area contributed by atoms with Crippen molar-refractivity contribution in [3.05, 3.63) is 59.0 Å². The maximum absolute atomic E-state index is 12.9. The lowest BCUT2D eigenvalue weighted by Crippen LogP contribution is -2.28. The Hall–Kier alpha value is -3.28. The van der Waals surface area contributed by atoms with Gasteiger partial charge in [0.15, 0.2) is 6.10 Å². The summed E-state index contributed by atoms with van der Waals surface area (Å²) in [6, 6.07) is 12.1. The van der Waals surface area contributed by atoms with Crippen molar-refractivity contribution in [2.24, 2.45) is 0 Å². The molecule has 3 aromatic rings. The predicted molar refractivity (Wildman–Crippen MR) is 106 cm³/mol. The van der Waals surface area contributed by atoms with Gasteiger partial charge in [-0.15, -0.1) is 0 Å². The van der Waals surface area contributed by atoms with Crippen LogP contribution in [0.25, 0.3) is 22.1 Å². The summed E-state index contributed by atoms with van der Waals surface area (Å²) in [7, 11) is 1.55. The number of ether oxygens (including phenoxy) is 3. The molecule has 0 spiro atoms. The molecule has 0 aliphatic rings. The average Bonchev–Trinajstić information content (AvgIpc) is 2.67. The molecule has 0 bridgehead atoms. The second kappa shape index (κ2) is 8.17. The standard InChI is InChI=1S/C22H22O6/c1-13(2)27-22(24)14(3)28-15-9-10-17-20(11-15)26-12-18(21(17)23)16-7-5-6-8-19(16)25-4/h5-14H,1-4H3. The molecule has 6 nitrogen and oxygen atoms in total. The first-order valence-electron chi connectivity index (χ1n) is 8.96. The molecule has 6 heteroatoms. The van der Waals surface area contributed by atoms with Gasteiger partial charge in [0, 0.05) is 11.6 Å². The van der Waals surface area contributed by atoms with Crippen LogP contribution in [0.1, 0.15) is 20.8 Å². The first kappa shape index (κ1) is 19.5. The molecule has 1 heterocycles.